The predicted molar refractivity (Wildman–Crippen MR) is 70.0 cm³/mol. The highest BCUT2D eigenvalue weighted by Crippen LogP contribution is 2.21. The summed E-state index contributed by atoms with van der Waals surface area (Å²) in [4.78, 5) is 35.9. The van der Waals surface area contributed by atoms with E-state index < -0.39 is 5.97 Å². The normalized spacial score (nSPS) is 14.0. The molecule has 2 amide bonds. The van der Waals surface area contributed by atoms with Crippen molar-refractivity contribution in [1.82, 2.24) is 9.29 Å². The molecule has 7 heteroatoms. The number of hydrogen-bond donors (Lipinski definition) is 1. The molecular weight excluding hydrogens is 268 g/mol. The van der Waals surface area contributed by atoms with Gasteiger partial charge in [-0.15, -0.1) is 0 Å². The number of nitrogens with zero attached hydrogens (tertiary/aromatic N) is 2. The minimum Gasteiger partial charge on any atom is -0.481 e. The molecule has 19 heavy (non-hydrogen) atoms. The van der Waals surface area contributed by atoms with E-state index in [-0.39, 0.29) is 36.8 Å². The SMILES string of the molecule is O=C(O)CCSN1C(=O)CCC1=O.c1ccncc1. The summed E-state index contributed by atoms with van der Waals surface area (Å²) in [6.45, 7) is 0. The van der Waals surface area contributed by atoms with Crippen molar-refractivity contribution in [3.8, 4) is 0 Å². The summed E-state index contributed by atoms with van der Waals surface area (Å²) < 4.78 is 1.06. The van der Waals surface area contributed by atoms with E-state index in [1.54, 1.807) is 12.4 Å². The number of imide groups is 1. The van der Waals surface area contributed by atoms with Gasteiger partial charge < -0.3 is 5.11 Å². The van der Waals surface area contributed by atoms with Crippen LogP contribution in [0.25, 0.3) is 0 Å². The standard InChI is InChI=1S/C7H9NO4S.C5H5N/c9-5-1-2-6(10)8(5)13-4-3-7(11)12;1-2-4-6-5-3-1/h1-4H2,(H,11,12);1-5H. The molecule has 1 aromatic rings. The zero-order chi connectivity index (χ0) is 14.1. The number of rotatable bonds is 4. The summed E-state index contributed by atoms with van der Waals surface area (Å²) in [7, 11) is 0. The molecule has 0 saturated carbocycles. The molecule has 0 aliphatic carbocycles. The molecule has 2 heterocycles. The van der Waals surface area contributed by atoms with Gasteiger partial charge in [0.2, 0.25) is 11.8 Å². The van der Waals surface area contributed by atoms with E-state index in [1.165, 1.54) is 0 Å². The van der Waals surface area contributed by atoms with Gasteiger partial charge in [0.15, 0.2) is 0 Å². The van der Waals surface area contributed by atoms with Crippen LogP contribution in [0.15, 0.2) is 30.6 Å². The molecule has 0 unspecified atom stereocenters. The van der Waals surface area contributed by atoms with Crippen molar-refractivity contribution in [2.75, 3.05) is 5.75 Å². The average Bonchev–Trinajstić information content (AvgIpc) is 2.73. The van der Waals surface area contributed by atoms with Crippen LogP contribution < -0.4 is 0 Å². The minimum atomic E-state index is -0.924. The molecular formula is C12H14N2O4S. The van der Waals surface area contributed by atoms with Crippen LogP contribution in [0.5, 0.6) is 0 Å². The van der Waals surface area contributed by atoms with Gasteiger partial charge >= 0.3 is 5.97 Å². The first-order valence-corrected chi connectivity index (χ1v) is 6.61. The first-order valence-electron chi connectivity index (χ1n) is 5.66. The molecule has 6 nitrogen and oxygen atoms in total. The molecule has 1 aliphatic rings. The van der Waals surface area contributed by atoms with Crippen LogP contribution in [0.4, 0.5) is 0 Å². The lowest BCUT2D eigenvalue weighted by Gasteiger charge is -2.10. The molecule has 0 atom stereocenters. The van der Waals surface area contributed by atoms with E-state index in [0.29, 0.717) is 0 Å². The lowest BCUT2D eigenvalue weighted by Crippen LogP contribution is -2.22. The lowest BCUT2D eigenvalue weighted by molar-refractivity contribution is -0.137. The average molecular weight is 282 g/mol. The molecule has 2 rings (SSSR count). The molecule has 1 saturated heterocycles. The van der Waals surface area contributed by atoms with Crippen LogP contribution in [0.3, 0.4) is 0 Å². The van der Waals surface area contributed by atoms with E-state index in [9.17, 15) is 14.4 Å². The van der Waals surface area contributed by atoms with Crippen LogP contribution in [0.1, 0.15) is 19.3 Å². The second-order valence-corrected chi connectivity index (χ2v) is 4.61. The second kappa shape index (κ2) is 8.25. The third-order valence-electron chi connectivity index (χ3n) is 2.11. The molecule has 1 aliphatic heterocycles. The maximum atomic E-state index is 11.0. The summed E-state index contributed by atoms with van der Waals surface area (Å²) in [5.41, 5.74) is 0. The van der Waals surface area contributed by atoms with Crippen LogP contribution in [0, 0.1) is 0 Å². The smallest absolute Gasteiger partial charge is 0.304 e. The van der Waals surface area contributed by atoms with E-state index in [2.05, 4.69) is 4.98 Å². The Balaban J connectivity index is 0.000000250. The Hall–Kier alpha value is -1.89. The fraction of sp³-hybridized carbons (Fsp3) is 0.333. The zero-order valence-corrected chi connectivity index (χ0v) is 11.0. The lowest BCUT2D eigenvalue weighted by atomic mass is 10.4. The van der Waals surface area contributed by atoms with E-state index in [0.717, 1.165) is 16.3 Å². The van der Waals surface area contributed by atoms with E-state index in [4.69, 9.17) is 5.11 Å². The molecule has 0 spiro atoms. The number of amides is 2. The van der Waals surface area contributed by atoms with Crippen molar-refractivity contribution in [3.63, 3.8) is 0 Å². The Morgan fingerprint density at radius 2 is 1.79 bits per heavy atom. The number of aliphatic carboxylic acids is 1. The van der Waals surface area contributed by atoms with Gasteiger partial charge in [0, 0.05) is 31.0 Å². The van der Waals surface area contributed by atoms with Crippen LogP contribution >= 0.6 is 11.9 Å². The van der Waals surface area contributed by atoms with Crippen LogP contribution in [0.2, 0.25) is 0 Å². The molecule has 0 bridgehead atoms. The predicted octanol–water partition coefficient (Wildman–Crippen LogP) is 1.34. The van der Waals surface area contributed by atoms with Crippen LogP contribution in [-0.4, -0.2) is 37.9 Å². The zero-order valence-electron chi connectivity index (χ0n) is 10.2. The van der Waals surface area contributed by atoms with E-state index >= 15 is 0 Å². The summed E-state index contributed by atoms with van der Waals surface area (Å²) >= 11 is 0.982. The van der Waals surface area contributed by atoms with Gasteiger partial charge in [-0.2, -0.15) is 0 Å². The van der Waals surface area contributed by atoms with Crippen molar-refractivity contribution in [1.29, 1.82) is 0 Å². The van der Waals surface area contributed by atoms with Gasteiger partial charge in [0.05, 0.1) is 6.42 Å². The Labute approximate surface area is 115 Å². The van der Waals surface area contributed by atoms with Gasteiger partial charge in [-0.05, 0) is 24.1 Å². The van der Waals surface area contributed by atoms with Gasteiger partial charge in [-0.3, -0.25) is 19.4 Å². The maximum Gasteiger partial charge on any atom is 0.304 e. The number of carbonyl (C=O) groups is 3. The number of aromatic nitrogens is 1. The quantitative estimate of drug-likeness (QED) is 0.662. The monoisotopic (exact) mass is 282 g/mol. The highest BCUT2D eigenvalue weighted by atomic mass is 32.2. The molecule has 1 aromatic heterocycles. The second-order valence-electron chi connectivity index (χ2n) is 3.58. The first kappa shape index (κ1) is 15.2. The summed E-state index contributed by atoms with van der Waals surface area (Å²) in [5, 5.41) is 8.32. The molecule has 0 aromatic carbocycles. The van der Waals surface area contributed by atoms with Crippen LogP contribution in [-0.2, 0) is 14.4 Å². The Morgan fingerprint density at radius 3 is 2.16 bits per heavy atom. The topological polar surface area (TPSA) is 87.6 Å². The number of carboxylic acid groups (broad SMARTS) is 1. The van der Waals surface area contributed by atoms with Crippen molar-refractivity contribution in [2.45, 2.75) is 19.3 Å². The van der Waals surface area contributed by atoms with E-state index in [1.807, 2.05) is 18.2 Å². The summed E-state index contributed by atoms with van der Waals surface area (Å²) in [6, 6.07) is 5.72. The number of carboxylic acids is 1. The molecule has 1 N–H and O–H groups in total. The Morgan fingerprint density at radius 1 is 1.21 bits per heavy atom. The third-order valence-corrected chi connectivity index (χ3v) is 3.16. The highest BCUT2D eigenvalue weighted by Gasteiger charge is 2.29. The fourth-order valence-corrected chi connectivity index (χ4v) is 2.16. The molecule has 102 valence electrons. The number of hydrogen-bond acceptors (Lipinski definition) is 5. The summed E-state index contributed by atoms with van der Waals surface area (Å²) in [5.74, 6) is -1.11. The molecule has 1 fully saturated rings. The van der Waals surface area contributed by atoms with Gasteiger partial charge in [0.1, 0.15) is 0 Å². The van der Waals surface area contributed by atoms with Crippen molar-refractivity contribution in [2.24, 2.45) is 0 Å². The maximum absolute atomic E-state index is 11.0. The first-order chi connectivity index (χ1) is 9.11. The number of pyridine rings is 1. The van der Waals surface area contributed by atoms with Crippen molar-refractivity contribution < 1.29 is 19.5 Å². The highest BCUT2D eigenvalue weighted by molar-refractivity contribution is 7.98. The summed E-state index contributed by atoms with van der Waals surface area (Å²) in [6.07, 6.45) is 3.96. The Kier molecular flexibility index (Phi) is 6.59. The van der Waals surface area contributed by atoms with Gasteiger partial charge in [0.25, 0.3) is 0 Å². The Bertz CT molecular complexity index is 396. The number of carbonyl (C=O) groups excluding carboxylic acids is 2. The minimum absolute atomic E-state index is 0.0400. The fourth-order valence-electron chi connectivity index (χ4n) is 1.24. The van der Waals surface area contributed by atoms with Gasteiger partial charge in [-0.1, -0.05) is 6.07 Å². The third kappa shape index (κ3) is 6.01. The largest absolute Gasteiger partial charge is 0.481 e. The van der Waals surface area contributed by atoms with Crippen molar-refractivity contribution in [3.05, 3.63) is 30.6 Å². The van der Waals surface area contributed by atoms with Crippen molar-refractivity contribution >= 4 is 29.7 Å². The van der Waals surface area contributed by atoms with Gasteiger partial charge in [-0.25, -0.2) is 4.31 Å². The molecule has 0 radical (unpaired) electrons.